The number of ether oxygens (including phenoxy) is 1. The monoisotopic (exact) mass is 459 g/mol. The highest BCUT2D eigenvalue weighted by Gasteiger charge is 2.42. The second kappa shape index (κ2) is 9.37. The van der Waals surface area contributed by atoms with E-state index in [1.54, 1.807) is 7.11 Å². The maximum absolute atomic E-state index is 13.6. The van der Waals surface area contributed by atoms with Gasteiger partial charge in [-0.05, 0) is 54.8 Å². The predicted octanol–water partition coefficient (Wildman–Crippen LogP) is 4.58. The molecule has 2 heterocycles. The van der Waals surface area contributed by atoms with Crippen molar-refractivity contribution in [1.29, 1.82) is 0 Å². The summed E-state index contributed by atoms with van der Waals surface area (Å²) in [4.78, 5) is 18.2. The summed E-state index contributed by atoms with van der Waals surface area (Å²) in [5.41, 5.74) is 4.38. The SMILES string of the molecule is COc1ccc2c(c1)N1CCN(c3ccc(F)cc3)C[C@@H]1[C@H](C(=O)N[C@@H](C)c1ccccc1)C2. The predicted molar refractivity (Wildman–Crippen MR) is 133 cm³/mol. The van der Waals surface area contributed by atoms with Gasteiger partial charge in [0, 0.05) is 37.1 Å². The first kappa shape index (κ1) is 22.3. The minimum absolute atomic E-state index is 0.00128. The molecule has 0 aliphatic carbocycles. The number of nitrogens with zero attached hydrogens (tertiary/aromatic N) is 2. The Morgan fingerprint density at radius 2 is 1.82 bits per heavy atom. The van der Waals surface area contributed by atoms with E-state index in [1.807, 2.05) is 55.5 Å². The molecule has 6 heteroatoms. The molecule has 1 fully saturated rings. The van der Waals surface area contributed by atoms with Crippen molar-refractivity contribution in [3.05, 3.63) is 89.7 Å². The number of halogens is 1. The molecule has 0 saturated carbocycles. The van der Waals surface area contributed by atoms with Crippen LogP contribution in [0.1, 0.15) is 24.1 Å². The normalized spacial score (nSPS) is 20.2. The third-order valence-corrected chi connectivity index (χ3v) is 7.11. The van der Waals surface area contributed by atoms with E-state index in [2.05, 4.69) is 27.2 Å². The lowest BCUT2D eigenvalue weighted by Crippen LogP contribution is -2.61. The molecule has 5 rings (SSSR count). The van der Waals surface area contributed by atoms with Crippen molar-refractivity contribution in [3.8, 4) is 5.75 Å². The molecule has 0 spiro atoms. The smallest absolute Gasteiger partial charge is 0.226 e. The van der Waals surface area contributed by atoms with E-state index >= 15 is 0 Å². The fraction of sp³-hybridized carbons (Fsp3) is 0.321. The highest BCUT2D eigenvalue weighted by atomic mass is 19.1. The highest BCUT2D eigenvalue weighted by molar-refractivity contribution is 5.83. The van der Waals surface area contributed by atoms with Gasteiger partial charge in [0.15, 0.2) is 0 Å². The Labute approximate surface area is 200 Å². The number of rotatable bonds is 5. The summed E-state index contributed by atoms with van der Waals surface area (Å²) < 4.78 is 19.0. The lowest BCUT2D eigenvalue weighted by Gasteiger charge is -2.49. The number of hydrogen-bond acceptors (Lipinski definition) is 4. The van der Waals surface area contributed by atoms with Crippen LogP contribution < -0.4 is 19.9 Å². The maximum Gasteiger partial charge on any atom is 0.226 e. The van der Waals surface area contributed by atoms with E-state index < -0.39 is 0 Å². The van der Waals surface area contributed by atoms with Crippen LogP contribution in [0, 0.1) is 11.7 Å². The largest absolute Gasteiger partial charge is 0.497 e. The van der Waals surface area contributed by atoms with Gasteiger partial charge in [0.1, 0.15) is 11.6 Å². The van der Waals surface area contributed by atoms with Gasteiger partial charge >= 0.3 is 0 Å². The van der Waals surface area contributed by atoms with Gasteiger partial charge in [-0.25, -0.2) is 4.39 Å². The molecule has 1 saturated heterocycles. The number of anilines is 2. The summed E-state index contributed by atoms with van der Waals surface area (Å²) >= 11 is 0. The quantitative estimate of drug-likeness (QED) is 0.607. The number of nitrogens with one attached hydrogen (secondary N) is 1. The zero-order valence-electron chi connectivity index (χ0n) is 19.6. The number of carbonyl (C=O) groups excluding carboxylic acids is 1. The van der Waals surface area contributed by atoms with Crippen molar-refractivity contribution in [1.82, 2.24) is 5.32 Å². The second-order valence-corrected chi connectivity index (χ2v) is 9.13. The zero-order chi connectivity index (χ0) is 23.7. The Morgan fingerprint density at radius 3 is 2.56 bits per heavy atom. The van der Waals surface area contributed by atoms with Crippen LogP contribution in [-0.2, 0) is 11.2 Å². The van der Waals surface area contributed by atoms with Gasteiger partial charge in [-0.2, -0.15) is 0 Å². The van der Waals surface area contributed by atoms with Gasteiger partial charge in [0.25, 0.3) is 0 Å². The molecule has 1 N–H and O–H groups in total. The van der Waals surface area contributed by atoms with Crippen molar-refractivity contribution in [2.45, 2.75) is 25.4 Å². The average molecular weight is 460 g/mol. The molecule has 0 bridgehead atoms. The van der Waals surface area contributed by atoms with Crippen LogP contribution in [0.4, 0.5) is 15.8 Å². The van der Waals surface area contributed by atoms with Crippen LogP contribution in [0.15, 0.2) is 72.8 Å². The summed E-state index contributed by atoms with van der Waals surface area (Å²) in [7, 11) is 1.68. The van der Waals surface area contributed by atoms with Gasteiger partial charge in [-0.15, -0.1) is 0 Å². The van der Waals surface area contributed by atoms with Gasteiger partial charge in [0.2, 0.25) is 5.91 Å². The molecule has 2 aliphatic rings. The van der Waals surface area contributed by atoms with E-state index in [-0.39, 0.29) is 29.7 Å². The van der Waals surface area contributed by atoms with Crippen LogP contribution in [-0.4, -0.2) is 38.7 Å². The first-order valence-corrected chi connectivity index (χ1v) is 11.8. The Balaban J connectivity index is 1.44. The first-order valence-electron chi connectivity index (χ1n) is 11.8. The summed E-state index contributed by atoms with van der Waals surface area (Å²) in [5, 5.41) is 3.26. The molecule has 176 valence electrons. The third kappa shape index (κ3) is 4.32. The van der Waals surface area contributed by atoms with Crippen molar-refractivity contribution >= 4 is 17.3 Å². The number of fused-ring (bicyclic) bond motifs is 3. The average Bonchev–Trinajstić information content (AvgIpc) is 2.88. The van der Waals surface area contributed by atoms with E-state index in [9.17, 15) is 9.18 Å². The van der Waals surface area contributed by atoms with Crippen molar-refractivity contribution in [2.75, 3.05) is 36.5 Å². The summed E-state index contributed by atoms with van der Waals surface area (Å²) in [6.45, 7) is 4.30. The molecule has 1 amide bonds. The summed E-state index contributed by atoms with van der Waals surface area (Å²) in [6.07, 6.45) is 0.672. The van der Waals surface area contributed by atoms with Crippen LogP contribution in [0.25, 0.3) is 0 Å². The number of carbonyl (C=O) groups is 1. The van der Waals surface area contributed by atoms with Gasteiger partial charge in [0.05, 0.1) is 25.1 Å². The van der Waals surface area contributed by atoms with Gasteiger partial charge in [-0.3, -0.25) is 4.79 Å². The number of hydrogen-bond donors (Lipinski definition) is 1. The molecule has 5 nitrogen and oxygen atoms in total. The molecule has 3 atom stereocenters. The highest BCUT2D eigenvalue weighted by Crippen LogP contribution is 2.39. The molecule has 2 aliphatic heterocycles. The molecule has 0 aromatic heterocycles. The fourth-order valence-electron chi connectivity index (χ4n) is 5.24. The first-order chi connectivity index (χ1) is 16.5. The van der Waals surface area contributed by atoms with Crippen LogP contribution in [0.5, 0.6) is 5.75 Å². The Hall–Kier alpha value is -3.54. The Bertz CT molecular complexity index is 1150. The lowest BCUT2D eigenvalue weighted by atomic mass is 9.83. The lowest BCUT2D eigenvalue weighted by molar-refractivity contribution is -0.126. The number of methoxy groups -OCH3 is 1. The zero-order valence-corrected chi connectivity index (χ0v) is 19.6. The molecular formula is C28H30FN3O2. The Morgan fingerprint density at radius 1 is 1.06 bits per heavy atom. The minimum atomic E-state index is -0.242. The molecule has 0 radical (unpaired) electrons. The van der Waals surface area contributed by atoms with Crippen LogP contribution in [0.2, 0.25) is 0 Å². The van der Waals surface area contributed by atoms with E-state index in [4.69, 9.17) is 4.74 Å². The van der Waals surface area contributed by atoms with Crippen molar-refractivity contribution < 1.29 is 13.9 Å². The summed E-state index contributed by atoms with van der Waals surface area (Å²) in [6, 6.07) is 22.7. The topological polar surface area (TPSA) is 44.8 Å². The third-order valence-electron chi connectivity index (χ3n) is 7.11. The number of amides is 1. The van der Waals surface area contributed by atoms with E-state index in [1.165, 1.54) is 17.7 Å². The standard InChI is InChI=1S/C28H30FN3O2/c1-19(20-6-4-3-5-7-20)30-28(33)25-16-21-8-13-24(34-2)17-26(21)32-15-14-31(18-27(25)32)23-11-9-22(29)10-12-23/h3-13,17,19,25,27H,14-16,18H2,1-2H3,(H,30,33)/t19-,25+,27+/m0/s1. The summed E-state index contributed by atoms with van der Waals surface area (Å²) in [5.74, 6) is 0.441. The minimum Gasteiger partial charge on any atom is -0.497 e. The van der Waals surface area contributed by atoms with Crippen LogP contribution in [0.3, 0.4) is 0 Å². The molecule has 3 aromatic rings. The van der Waals surface area contributed by atoms with Gasteiger partial charge in [-0.1, -0.05) is 36.4 Å². The number of piperazine rings is 1. The van der Waals surface area contributed by atoms with Gasteiger partial charge < -0.3 is 19.9 Å². The molecule has 34 heavy (non-hydrogen) atoms. The van der Waals surface area contributed by atoms with E-state index in [0.29, 0.717) is 13.0 Å². The van der Waals surface area contributed by atoms with Crippen molar-refractivity contribution in [2.24, 2.45) is 5.92 Å². The van der Waals surface area contributed by atoms with E-state index in [0.717, 1.165) is 35.8 Å². The molecular weight excluding hydrogens is 429 g/mol. The Kier molecular flexibility index (Phi) is 6.14. The fourth-order valence-corrected chi connectivity index (χ4v) is 5.24. The maximum atomic E-state index is 13.6. The van der Waals surface area contributed by atoms with Crippen molar-refractivity contribution in [3.63, 3.8) is 0 Å². The molecule has 0 unspecified atom stereocenters. The number of benzene rings is 3. The second-order valence-electron chi connectivity index (χ2n) is 9.13. The molecule has 3 aromatic carbocycles. The van der Waals surface area contributed by atoms with Crippen LogP contribution >= 0.6 is 0 Å².